The van der Waals surface area contributed by atoms with Crippen molar-refractivity contribution < 1.29 is 9.53 Å². The second-order valence-electron chi connectivity index (χ2n) is 5.67. The largest absolute Gasteiger partial charge is 0.357 e. The topological polar surface area (TPSA) is 44.1 Å². The number of carbonyl (C=O) groups is 1. The van der Waals surface area contributed by atoms with E-state index < -0.39 is 0 Å². The zero-order chi connectivity index (χ0) is 14.8. The van der Waals surface area contributed by atoms with E-state index in [0.717, 1.165) is 53.6 Å². The van der Waals surface area contributed by atoms with Crippen molar-refractivity contribution in [1.82, 2.24) is 9.78 Å². The Morgan fingerprint density at radius 3 is 2.62 bits per heavy atom. The van der Waals surface area contributed by atoms with E-state index >= 15 is 0 Å². The zero-order valence-corrected chi connectivity index (χ0v) is 12.5. The summed E-state index contributed by atoms with van der Waals surface area (Å²) in [4.78, 5) is 11.1. The standard InChI is InChI=1S/C17H20N2O2/c1-12-7-14(8-13(2)16(12)11-20)15-9-18-19(10-15)17-5-3-4-6-21-17/h7-11,17H,3-6H2,1-2H3. The number of carbonyl (C=O) groups excluding carboxylic acids is 1. The van der Waals surface area contributed by atoms with Crippen molar-refractivity contribution >= 4 is 6.29 Å². The smallest absolute Gasteiger partial charge is 0.150 e. The molecule has 0 spiro atoms. The molecule has 1 aliphatic rings. The van der Waals surface area contributed by atoms with Crippen molar-refractivity contribution in [1.29, 1.82) is 0 Å². The van der Waals surface area contributed by atoms with Gasteiger partial charge >= 0.3 is 0 Å². The van der Waals surface area contributed by atoms with Gasteiger partial charge in [-0.25, -0.2) is 4.68 Å². The lowest BCUT2D eigenvalue weighted by atomic mass is 9.98. The van der Waals surface area contributed by atoms with E-state index in [1.54, 1.807) is 0 Å². The molecule has 4 heteroatoms. The lowest BCUT2D eigenvalue weighted by Gasteiger charge is -2.22. The van der Waals surface area contributed by atoms with Crippen LogP contribution in [0.1, 0.15) is 47.0 Å². The molecule has 1 unspecified atom stereocenters. The predicted molar refractivity (Wildman–Crippen MR) is 81.4 cm³/mol. The highest BCUT2D eigenvalue weighted by Gasteiger charge is 2.17. The first kappa shape index (κ1) is 14.0. The first-order valence-corrected chi connectivity index (χ1v) is 7.41. The highest BCUT2D eigenvalue weighted by molar-refractivity contribution is 5.82. The van der Waals surface area contributed by atoms with Gasteiger partial charge in [0, 0.05) is 23.9 Å². The van der Waals surface area contributed by atoms with E-state index in [-0.39, 0.29) is 6.23 Å². The molecular weight excluding hydrogens is 264 g/mol. The molecule has 0 N–H and O–H groups in total. The molecule has 1 atom stereocenters. The van der Waals surface area contributed by atoms with Crippen LogP contribution in [0, 0.1) is 13.8 Å². The molecule has 1 fully saturated rings. The Bertz CT molecular complexity index is 632. The summed E-state index contributed by atoms with van der Waals surface area (Å²) < 4.78 is 7.66. The summed E-state index contributed by atoms with van der Waals surface area (Å²) in [5.41, 5.74) is 4.94. The summed E-state index contributed by atoms with van der Waals surface area (Å²) in [6, 6.07) is 4.08. The number of hydrogen-bond donors (Lipinski definition) is 0. The molecule has 3 rings (SSSR count). The van der Waals surface area contributed by atoms with Gasteiger partial charge in [0.2, 0.25) is 0 Å². The molecule has 1 aromatic heterocycles. The molecule has 2 heterocycles. The van der Waals surface area contributed by atoms with Gasteiger partial charge in [0.1, 0.15) is 6.23 Å². The molecule has 0 aliphatic carbocycles. The van der Waals surface area contributed by atoms with Gasteiger partial charge in [0.05, 0.1) is 6.20 Å². The van der Waals surface area contributed by atoms with E-state index in [1.165, 1.54) is 6.42 Å². The number of ether oxygens (including phenoxy) is 1. The molecule has 1 saturated heterocycles. The highest BCUT2D eigenvalue weighted by atomic mass is 16.5. The van der Waals surface area contributed by atoms with Crippen LogP contribution < -0.4 is 0 Å². The van der Waals surface area contributed by atoms with Crippen LogP contribution in [0.15, 0.2) is 24.5 Å². The Labute approximate surface area is 124 Å². The number of aldehydes is 1. The van der Waals surface area contributed by atoms with Crippen molar-refractivity contribution in [2.24, 2.45) is 0 Å². The Morgan fingerprint density at radius 2 is 2.00 bits per heavy atom. The van der Waals surface area contributed by atoms with E-state index in [0.29, 0.717) is 0 Å². The summed E-state index contributed by atoms with van der Waals surface area (Å²) in [6.45, 7) is 4.75. The molecule has 0 saturated carbocycles. The summed E-state index contributed by atoms with van der Waals surface area (Å²) in [6.07, 6.45) is 8.22. The van der Waals surface area contributed by atoms with Gasteiger partial charge in [-0.1, -0.05) is 12.1 Å². The van der Waals surface area contributed by atoms with Crippen LogP contribution in [0.2, 0.25) is 0 Å². The molecule has 0 radical (unpaired) electrons. The third-order valence-electron chi connectivity index (χ3n) is 4.10. The number of benzene rings is 1. The number of rotatable bonds is 3. The fourth-order valence-corrected chi connectivity index (χ4v) is 2.90. The molecule has 2 aromatic rings. The Kier molecular flexibility index (Phi) is 3.88. The second kappa shape index (κ2) is 5.82. The minimum atomic E-state index is 0.0592. The number of aromatic nitrogens is 2. The maximum Gasteiger partial charge on any atom is 0.150 e. The summed E-state index contributed by atoms with van der Waals surface area (Å²) in [5, 5.41) is 4.44. The average molecular weight is 284 g/mol. The molecule has 0 amide bonds. The highest BCUT2D eigenvalue weighted by Crippen LogP contribution is 2.27. The van der Waals surface area contributed by atoms with E-state index in [9.17, 15) is 4.79 Å². The van der Waals surface area contributed by atoms with Gasteiger partial charge in [0.15, 0.2) is 6.29 Å². The molecule has 1 aromatic carbocycles. The van der Waals surface area contributed by atoms with Gasteiger partial charge in [-0.15, -0.1) is 0 Å². The van der Waals surface area contributed by atoms with Crippen LogP contribution in [-0.4, -0.2) is 22.7 Å². The number of nitrogens with zero attached hydrogens (tertiary/aromatic N) is 2. The van der Waals surface area contributed by atoms with Crippen LogP contribution in [0.25, 0.3) is 11.1 Å². The van der Waals surface area contributed by atoms with Gasteiger partial charge < -0.3 is 4.74 Å². The summed E-state index contributed by atoms with van der Waals surface area (Å²) >= 11 is 0. The lowest BCUT2D eigenvalue weighted by Crippen LogP contribution is -2.18. The maximum atomic E-state index is 11.1. The summed E-state index contributed by atoms with van der Waals surface area (Å²) in [7, 11) is 0. The minimum Gasteiger partial charge on any atom is -0.357 e. The van der Waals surface area contributed by atoms with Crippen LogP contribution in [0.4, 0.5) is 0 Å². The van der Waals surface area contributed by atoms with Gasteiger partial charge in [-0.3, -0.25) is 4.79 Å². The Balaban J connectivity index is 1.91. The monoisotopic (exact) mass is 284 g/mol. The third-order valence-corrected chi connectivity index (χ3v) is 4.10. The van der Waals surface area contributed by atoms with Crippen LogP contribution >= 0.6 is 0 Å². The van der Waals surface area contributed by atoms with Gasteiger partial charge in [-0.05, 0) is 49.8 Å². The number of aryl methyl sites for hydroxylation is 2. The van der Waals surface area contributed by atoms with Gasteiger partial charge in [-0.2, -0.15) is 5.10 Å². The SMILES string of the molecule is Cc1cc(-c2cnn(C3CCCCO3)c2)cc(C)c1C=O. The van der Waals surface area contributed by atoms with Crippen molar-refractivity contribution in [3.8, 4) is 11.1 Å². The molecular formula is C17H20N2O2. The van der Waals surface area contributed by atoms with Crippen LogP contribution in [0.5, 0.6) is 0 Å². The molecule has 0 bridgehead atoms. The van der Waals surface area contributed by atoms with E-state index in [1.807, 2.05) is 43.1 Å². The van der Waals surface area contributed by atoms with Crippen LogP contribution in [0.3, 0.4) is 0 Å². The second-order valence-corrected chi connectivity index (χ2v) is 5.67. The predicted octanol–water partition coefficient (Wildman–Crippen LogP) is 3.68. The zero-order valence-electron chi connectivity index (χ0n) is 12.5. The Morgan fingerprint density at radius 1 is 1.24 bits per heavy atom. The third kappa shape index (κ3) is 2.76. The van der Waals surface area contributed by atoms with Crippen molar-refractivity contribution in [2.75, 3.05) is 6.61 Å². The first-order chi connectivity index (χ1) is 10.2. The van der Waals surface area contributed by atoms with Crippen molar-refractivity contribution in [3.05, 3.63) is 41.2 Å². The van der Waals surface area contributed by atoms with E-state index in [4.69, 9.17) is 4.74 Å². The van der Waals surface area contributed by atoms with Gasteiger partial charge in [0.25, 0.3) is 0 Å². The van der Waals surface area contributed by atoms with Crippen molar-refractivity contribution in [3.63, 3.8) is 0 Å². The number of hydrogen-bond acceptors (Lipinski definition) is 3. The molecule has 110 valence electrons. The Hall–Kier alpha value is -1.94. The molecule has 1 aliphatic heterocycles. The maximum absolute atomic E-state index is 11.1. The minimum absolute atomic E-state index is 0.0592. The average Bonchev–Trinajstić information content (AvgIpc) is 2.97. The normalized spacial score (nSPS) is 18.7. The fraction of sp³-hybridized carbons (Fsp3) is 0.412. The lowest BCUT2D eigenvalue weighted by molar-refractivity contribution is -0.0394. The molecule has 21 heavy (non-hydrogen) atoms. The van der Waals surface area contributed by atoms with Crippen molar-refractivity contribution in [2.45, 2.75) is 39.3 Å². The first-order valence-electron chi connectivity index (χ1n) is 7.41. The van der Waals surface area contributed by atoms with E-state index in [2.05, 4.69) is 5.10 Å². The fourth-order valence-electron chi connectivity index (χ4n) is 2.90. The molecule has 4 nitrogen and oxygen atoms in total. The summed E-state index contributed by atoms with van der Waals surface area (Å²) in [5.74, 6) is 0. The van der Waals surface area contributed by atoms with Crippen LogP contribution in [-0.2, 0) is 4.74 Å². The quantitative estimate of drug-likeness (QED) is 0.808.